The fourth-order valence-electron chi connectivity index (χ4n) is 3.77. The van der Waals surface area contributed by atoms with Crippen molar-refractivity contribution in [3.8, 4) is 5.75 Å². The van der Waals surface area contributed by atoms with Crippen LogP contribution in [0.2, 0.25) is 0 Å². The standard InChI is InChI=1S/C23H30N4O3/c1-16-19(11-12-20(25-16)23(29)26(2)3)22(28)24-15-21(27-13-5-6-14-27)17-7-9-18(30-4)10-8-17/h7-12,21H,5-6,13-15H2,1-4H3,(H,24,28). The monoisotopic (exact) mass is 410 g/mol. The van der Waals surface area contributed by atoms with Gasteiger partial charge in [-0.3, -0.25) is 14.5 Å². The summed E-state index contributed by atoms with van der Waals surface area (Å²) in [6.45, 7) is 4.30. The number of hydrogen-bond donors (Lipinski definition) is 1. The molecule has 1 aliphatic rings. The highest BCUT2D eigenvalue weighted by Crippen LogP contribution is 2.26. The molecule has 7 nitrogen and oxygen atoms in total. The van der Waals surface area contributed by atoms with Crippen LogP contribution in [0.1, 0.15) is 51.0 Å². The van der Waals surface area contributed by atoms with E-state index in [4.69, 9.17) is 4.74 Å². The highest BCUT2D eigenvalue weighted by molar-refractivity contribution is 5.97. The van der Waals surface area contributed by atoms with E-state index in [-0.39, 0.29) is 17.9 Å². The zero-order chi connectivity index (χ0) is 21.7. The van der Waals surface area contributed by atoms with Gasteiger partial charge in [0, 0.05) is 20.6 Å². The summed E-state index contributed by atoms with van der Waals surface area (Å²) in [5.74, 6) is 0.456. The predicted octanol–water partition coefficient (Wildman–Crippen LogP) is 2.67. The number of aryl methyl sites for hydroxylation is 1. The third-order valence-corrected chi connectivity index (χ3v) is 5.49. The first-order valence-electron chi connectivity index (χ1n) is 10.3. The molecule has 0 bridgehead atoms. The number of nitrogens with one attached hydrogen (secondary N) is 1. The van der Waals surface area contributed by atoms with Crippen molar-refractivity contribution < 1.29 is 14.3 Å². The number of pyridine rings is 1. The minimum Gasteiger partial charge on any atom is -0.497 e. The molecule has 1 aliphatic heterocycles. The number of likely N-dealkylation sites (tertiary alicyclic amines) is 1. The largest absolute Gasteiger partial charge is 0.497 e. The summed E-state index contributed by atoms with van der Waals surface area (Å²) in [7, 11) is 5.01. The number of aromatic nitrogens is 1. The van der Waals surface area contributed by atoms with Gasteiger partial charge in [0.15, 0.2) is 0 Å². The molecule has 3 rings (SSSR count). The molecule has 2 amide bonds. The number of carbonyl (C=O) groups excluding carboxylic acids is 2. The van der Waals surface area contributed by atoms with E-state index in [1.54, 1.807) is 40.3 Å². The smallest absolute Gasteiger partial charge is 0.271 e. The highest BCUT2D eigenvalue weighted by atomic mass is 16.5. The van der Waals surface area contributed by atoms with Gasteiger partial charge in [0.05, 0.1) is 24.4 Å². The molecule has 1 N–H and O–H groups in total. The lowest BCUT2D eigenvalue weighted by molar-refractivity contribution is 0.0820. The number of methoxy groups -OCH3 is 1. The summed E-state index contributed by atoms with van der Waals surface area (Å²) < 4.78 is 5.27. The average molecular weight is 411 g/mol. The predicted molar refractivity (Wildman–Crippen MR) is 116 cm³/mol. The van der Waals surface area contributed by atoms with E-state index in [0.717, 1.165) is 24.4 Å². The third-order valence-electron chi connectivity index (χ3n) is 5.49. The second-order valence-electron chi connectivity index (χ2n) is 7.77. The highest BCUT2D eigenvalue weighted by Gasteiger charge is 2.24. The minimum atomic E-state index is -0.182. The Balaban J connectivity index is 1.73. The topological polar surface area (TPSA) is 74.8 Å². The zero-order valence-corrected chi connectivity index (χ0v) is 18.1. The van der Waals surface area contributed by atoms with E-state index in [1.807, 2.05) is 12.1 Å². The number of nitrogens with zero attached hydrogens (tertiary/aromatic N) is 3. The molecule has 1 aromatic heterocycles. The number of ether oxygens (including phenoxy) is 1. The van der Waals surface area contributed by atoms with Crippen LogP contribution in [-0.2, 0) is 0 Å². The second-order valence-corrected chi connectivity index (χ2v) is 7.77. The van der Waals surface area contributed by atoms with Crippen LogP contribution in [0.15, 0.2) is 36.4 Å². The molecule has 0 saturated carbocycles. The Hall–Kier alpha value is -2.93. The molecule has 1 saturated heterocycles. The molecule has 1 aromatic carbocycles. The second kappa shape index (κ2) is 9.71. The molecular weight excluding hydrogens is 380 g/mol. The van der Waals surface area contributed by atoms with Gasteiger partial charge in [-0.2, -0.15) is 0 Å². The van der Waals surface area contributed by atoms with Crippen molar-refractivity contribution in [2.45, 2.75) is 25.8 Å². The van der Waals surface area contributed by atoms with Crippen LogP contribution in [0.3, 0.4) is 0 Å². The molecule has 0 aliphatic carbocycles. The Labute approximate surface area is 178 Å². The average Bonchev–Trinajstić information content (AvgIpc) is 3.28. The fourth-order valence-corrected chi connectivity index (χ4v) is 3.77. The first kappa shape index (κ1) is 21.8. The van der Waals surface area contributed by atoms with Gasteiger partial charge in [0.1, 0.15) is 11.4 Å². The van der Waals surface area contributed by atoms with Gasteiger partial charge in [-0.15, -0.1) is 0 Å². The Morgan fingerprint density at radius 1 is 1.13 bits per heavy atom. The molecule has 1 unspecified atom stereocenters. The number of rotatable bonds is 7. The van der Waals surface area contributed by atoms with Crippen LogP contribution in [0, 0.1) is 6.92 Å². The SMILES string of the molecule is COc1ccc(C(CNC(=O)c2ccc(C(=O)N(C)C)nc2C)N2CCCC2)cc1. The van der Waals surface area contributed by atoms with Gasteiger partial charge in [0.2, 0.25) is 0 Å². The maximum Gasteiger partial charge on any atom is 0.271 e. The van der Waals surface area contributed by atoms with Gasteiger partial charge >= 0.3 is 0 Å². The van der Waals surface area contributed by atoms with Crippen LogP contribution in [-0.4, -0.2) is 67.4 Å². The Kier molecular flexibility index (Phi) is 7.05. The molecule has 0 spiro atoms. The van der Waals surface area contributed by atoms with Crippen LogP contribution in [0.5, 0.6) is 5.75 Å². The van der Waals surface area contributed by atoms with Crippen LogP contribution in [0.4, 0.5) is 0 Å². The summed E-state index contributed by atoms with van der Waals surface area (Å²) in [5, 5.41) is 3.07. The van der Waals surface area contributed by atoms with Gasteiger partial charge in [-0.05, 0) is 62.7 Å². The van der Waals surface area contributed by atoms with Crippen LogP contribution < -0.4 is 10.1 Å². The Morgan fingerprint density at radius 3 is 2.37 bits per heavy atom. The number of amides is 2. The molecule has 7 heteroatoms. The number of benzene rings is 1. The minimum absolute atomic E-state index is 0.102. The molecular formula is C23H30N4O3. The normalized spacial score (nSPS) is 14.9. The van der Waals surface area contributed by atoms with E-state index in [9.17, 15) is 9.59 Å². The van der Waals surface area contributed by atoms with Crippen molar-refractivity contribution in [1.82, 2.24) is 20.1 Å². The lowest BCUT2D eigenvalue weighted by atomic mass is 10.0. The first-order valence-corrected chi connectivity index (χ1v) is 10.3. The van der Waals surface area contributed by atoms with Crippen LogP contribution in [0.25, 0.3) is 0 Å². The first-order chi connectivity index (χ1) is 14.4. The molecule has 1 atom stereocenters. The Morgan fingerprint density at radius 2 is 1.80 bits per heavy atom. The van der Waals surface area contributed by atoms with E-state index in [0.29, 0.717) is 23.5 Å². The number of hydrogen-bond acceptors (Lipinski definition) is 5. The molecule has 1 fully saturated rings. The molecule has 30 heavy (non-hydrogen) atoms. The van der Waals surface area contributed by atoms with E-state index < -0.39 is 0 Å². The Bertz CT molecular complexity index is 890. The summed E-state index contributed by atoms with van der Waals surface area (Å²) in [6, 6.07) is 11.4. The van der Waals surface area contributed by atoms with Crippen molar-refractivity contribution in [1.29, 1.82) is 0 Å². The quantitative estimate of drug-likeness (QED) is 0.760. The summed E-state index contributed by atoms with van der Waals surface area (Å²) in [4.78, 5) is 33.1. The number of carbonyl (C=O) groups is 2. The van der Waals surface area contributed by atoms with Gasteiger partial charge in [0.25, 0.3) is 11.8 Å². The van der Waals surface area contributed by atoms with Crippen molar-refractivity contribution in [2.75, 3.05) is 40.8 Å². The third kappa shape index (κ3) is 4.97. The van der Waals surface area contributed by atoms with Crippen molar-refractivity contribution in [3.05, 3.63) is 58.9 Å². The zero-order valence-electron chi connectivity index (χ0n) is 18.1. The van der Waals surface area contributed by atoms with E-state index >= 15 is 0 Å². The van der Waals surface area contributed by atoms with E-state index in [2.05, 4.69) is 27.3 Å². The van der Waals surface area contributed by atoms with Crippen molar-refractivity contribution in [2.24, 2.45) is 0 Å². The lowest BCUT2D eigenvalue weighted by Gasteiger charge is -2.28. The summed E-state index contributed by atoms with van der Waals surface area (Å²) in [5.41, 5.74) is 2.52. The van der Waals surface area contributed by atoms with Gasteiger partial charge < -0.3 is 15.0 Å². The summed E-state index contributed by atoms with van der Waals surface area (Å²) >= 11 is 0. The van der Waals surface area contributed by atoms with Gasteiger partial charge in [-0.1, -0.05) is 12.1 Å². The lowest BCUT2D eigenvalue weighted by Crippen LogP contribution is -2.37. The molecule has 2 heterocycles. The van der Waals surface area contributed by atoms with Crippen molar-refractivity contribution >= 4 is 11.8 Å². The molecule has 0 radical (unpaired) electrons. The van der Waals surface area contributed by atoms with Gasteiger partial charge in [-0.25, -0.2) is 4.98 Å². The summed E-state index contributed by atoms with van der Waals surface area (Å²) in [6.07, 6.45) is 2.34. The molecule has 2 aromatic rings. The van der Waals surface area contributed by atoms with Crippen molar-refractivity contribution in [3.63, 3.8) is 0 Å². The van der Waals surface area contributed by atoms with Crippen LogP contribution >= 0.6 is 0 Å². The fraction of sp³-hybridized carbons (Fsp3) is 0.435. The van der Waals surface area contributed by atoms with E-state index in [1.165, 1.54) is 17.7 Å². The maximum atomic E-state index is 12.8. The molecule has 160 valence electrons. The maximum absolute atomic E-state index is 12.8.